The third kappa shape index (κ3) is 3.60. The second-order valence-corrected chi connectivity index (χ2v) is 5.65. The number of aliphatic hydroxyl groups excluding tert-OH is 1. The van der Waals surface area contributed by atoms with Crippen LogP contribution in [-0.4, -0.2) is 21.5 Å². The van der Waals surface area contributed by atoms with Crippen molar-refractivity contribution in [3.05, 3.63) is 100.0 Å². The smallest absolute Gasteiger partial charge is 0.266 e. The Morgan fingerprint density at radius 3 is 2.00 bits per heavy atom. The number of aryl methyl sites for hydroxylation is 1. The standard InChI is InChI=1S/C20H20N2O2/c23-15-7-14-22-19(24)13-12-18(21-22)20(16-8-3-1-4-9-16)17-10-5-2-6-11-17/h1-6,8-13,20,23H,7,14-15H2. The monoisotopic (exact) mass is 320 g/mol. The number of aromatic nitrogens is 2. The molecule has 4 nitrogen and oxygen atoms in total. The number of rotatable bonds is 6. The van der Waals surface area contributed by atoms with Gasteiger partial charge in [-0.15, -0.1) is 0 Å². The molecule has 0 saturated carbocycles. The zero-order valence-corrected chi connectivity index (χ0v) is 13.4. The highest BCUT2D eigenvalue weighted by molar-refractivity contribution is 5.39. The van der Waals surface area contributed by atoms with Crippen LogP contribution in [0.2, 0.25) is 0 Å². The van der Waals surface area contributed by atoms with Gasteiger partial charge >= 0.3 is 0 Å². The Hall–Kier alpha value is -2.72. The number of aliphatic hydroxyl groups is 1. The molecule has 0 radical (unpaired) electrons. The van der Waals surface area contributed by atoms with Gasteiger partial charge in [0, 0.05) is 19.2 Å². The Morgan fingerprint density at radius 2 is 1.46 bits per heavy atom. The van der Waals surface area contributed by atoms with Gasteiger partial charge in [0.1, 0.15) is 0 Å². The molecule has 0 atom stereocenters. The van der Waals surface area contributed by atoms with Gasteiger partial charge in [0.05, 0.1) is 11.6 Å². The molecule has 24 heavy (non-hydrogen) atoms. The van der Waals surface area contributed by atoms with Gasteiger partial charge in [0.25, 0.3) is 5.56 Å². The average Bonchev–Trinajstić information content (AvgIpc) is 2.64. The SMILES string of the molecule is O=c1ccc(C(c2ccccc2)c2ccccc2)nn1CCCO. The molecule has 0 aliphatic heterocycles. The lowest BCUT2D eigenvalue weighted by Gasteiger charge is -2.18. The van der Waals surface area contributed by atoms with E-state index in [0.29, 0.717) is 13.0 Å². The summed E-state index contributed by atoms with van der Waals surface area (Å²) in [4.78, 5) is 12.0. The molecule has 0 aliphatic rings. The highest BCUT2D eigenvalue weighted by Gasteiger charge is 2.18. The van der Waals surface area contributed by atoms with Crippen LogP contribution in [0.25, 0.3) is 0 Å². The van der Waals surface area contributed by atoms with Crippen LogP contribution >= 0.6 is 0 Å². The van der Waals surface area contributed by atoms with Gasteiger partial charge in [-0.25, -0.2) is 4.68 Å². The van der Waals surface area contributed by atoms with Crippen LogP contribution in [0.1, 0.15) is 29.2 Å². The van der Waals surface area contributed by atoms with E-state index >= 15 is 0 Å². The lowest BCUT2D eigenvalue weighted by Crippen LogP contribution is -2.24. The Balaban J connectivity index is 2.08. The quantitative estimate of drug-likeness (QED) is 0.760. The number of hydrogen-bond donors (Lipinski definition) is 1. The van der Waals surface area contributed by atoms with Crippen molar-refractivity contribution in [3.63, 3.8) is 0 Å². The first-order valence-corrected chi connectivity index (χ1v) is 8.08. The van der Waals surface area contributed by atoms with Crippen molar-refractivity contribution >= 4 is 0 Å². The van der Waals surface area contributed by atoms with E-state index in [4.69, 9.17) is 5.11 Å². The minimum absolute atomic E-state index is 0.0339. The third-order valence-electron chi connectivity index (χ3n) is 3.98. The van der Waals surface area contributed by atoms with Crippen LogP contribution in [0.4, 0.5) is 0 Å². The molecule has 0 saturated heterocycles. The molecule has 1 heterocycles. The zero-order valence-electron chi connectivity index (χ0n) is 13.4. The summed E-state index contributed by atoms with van der Waals surface area (Å²) < 4.78 is 1.43. The first-order valence-electron chi connectivity index (χ1n) is 8.08. The van der Waals surface area contributed by atoms with E-state index in [1.807, 2.05) is 36.4 Å². The van der Waals surface area contributed by atoms with Gasteiger partial charge in [-0.3, -0.25) is 4.79 Å². The molecule has 0 bridgehead atoms. The summed E-state index contributed by atoms with van der Waals surface area (Å²) in [7, 11) is 0. The molecular weight excluding hydrogens is 300 g/mol. The molecule has 0 amide bonds. The van der Waals surface area contributed by atoms with Crippen molar-refractivity contribution in [1.82, 2.24) is 9.78 Å². The van der Waals surface area contributed by atoms with E-state index in [0.717, 1.165) is 16.8 Å². The maximum Gasteiger partial charge on any atom is 0.266 e. The van der Waals surface area contributed by atoms with E-state index < -0.39 is 0 Å². The first-order chi connectivity index (χ1) is 11.8. The summed E-state index contributed by atoms with van der Waals surface area (Å²) in [5.41, 5.74) is 2.93. The molecule has 3 rings (SSSR count). The molecule has 122 valence electrons. The van der Waals surface area contributed by atoms with Gasteiger partial charge in [0.15, 0.2) is 0 Å². The predicted molar refractivity (Wildman–Crippen MR) is 94.0 cm³/mol. The summed E-state index contributed by atoms with van der Waals surface area (Å²) >= 11 is 0. The van der Waals surface area contributed by atoms with Gasteiger partial charge in [-0.1, -0.05) is 60.7 Å². The summed E-state index contributed by atoms with van der Waals surface area (Å²) in [6.07, 6.45) is 0.512. The average molecular weight is 320 g/mol. The Morgan fingerprint density at radius 1 is 0.875 bits per heavy atom. The Kier molecular flexibility index (Phi) is 5.18. The van der Waals surface area contributed by atoms with Gasteiger partial charge in [-0.05, 0) is 23.6 Å². The molecule has 3 aromatic rings. The summed E-state index contributed by atoms with van der Waals surface area (Å²) in [5.74, 6) is -0.0339. The lowest BCUT2D eigenvalue weighted by molar-refractivity contribution is 0.275. The zero-order chi connectivity index (χ0) is 16.8. The van der Waals surface area contributed by atoms with Crippen molar-refractivity contribution in [2.24, 2.45) is 0 Å². The fraction of sp³-hybridized carbons (Fsp3) is 0.200. The Bertz CT molecular complexity index is 790. The van der Waals surface area contributed by atoms with Crippen molar-refractivity contribution in [2.75, 3.05) is 6.61 Å². The van der Waals surface area contributed by atoms with Gasteiger partial charge in [-0.2, -0.15) is 5.10 Å². The van der Waals surface area contributed by atoms with E-state index in [1.165, 1.54) is 4.68 Å². The molecule has 0 aliphatic carbocycles. The predicted octanol–water partition coefficient (Wildman–Crippen LogP) is 2.81. The maximum atomic E-state index is 12.0. The normalized spacial score (nSPS) is 10.9. The van der Waals surface area contributed by atoms with Crippen molar-refractivity contribution in [3.8, 4) is 0 Å². The van der Waals surface area contributed by atoms with Gasteiger partial charge in [0.2, 0.25) is 0 Å². The second kappa shape index (κ2) is 7.70. The van der Waals surface area contributed by atoms with Crippen molar-refractivity contribution < 1.29 is 5.11 Å². The van der Waals surface area contributed by atoms with E-state index in [-0.39, 0.29) is 18.1 Å². The molecule has 0 unspecified atom stereocenters. The molecule has 1 aromatic heterocycles. The molecule has 0 spiro atoms. The molecule has 1 N–H and O–H groups in total. The fourth-order valence-electron chi connectivity index (χ4n) is 2.82. The van der Waals surface area contributed by atoms with E-state index in [9.17, 15) is 4.79 Å². The molecular formula is C20H20N2O2. The van der Waals surface area contributed by atoms with Crippen LogP contribution < -0.4 is 5.56 Å². The topological polar surface area (TPSA) is 55.1 Å². The molecule has 0 fully saturated rings. The van der Waals surface area contributed by atoms with Crippen LogP contribution in [0.3, 0.4) is 0 Å². The minimum atomic E-state index is -0.146. The second-order valence-electron chi connectivity index (χ2n) is 5.65. The van der Waals surface area contributed by atoms with Gasteiger partial charge < -0.3 is 5.11 Å². The van der Waals surface area contributed by atoms with Crippen LogP contribution in [0, 0.1) is 0 Å². The third-order valence-corrected chi connectivity index (χ3v) is 3.98. The lowest BCUT2D eigenvalue weighted by atomic mass is 9.88. The number of nitrogens with zero attached hydrogens (tertiary/aromatic N) is 2. The van der Waals surface area contributed by atoms with Crippen LogP contribution in [-0.2, 0) is 6.54 Å². The minimum Gasteiger partial charge on any atom is -0.396 e. The highest BCUT2D eigenvalue weighted by Crippen LogP contribution is 2.29. The summed E-state index contributed by atoms with van der Waals surface area (Å²) in [6.45, 7) is 0.457. The molecule has 4 heteroatoms. The number of hydrogen-bond acceptors (Lipinski definition) is 3. The molecule has 2 aromatic carbocycles. The van der Waals surface area contributed by atoms with Crippen molar-refractivity contribution in [2.45, 2.75) is 18.9 Å². The highest BCUT2D eigenvalue weighted by atomic mass is 16.3. The summed E-state index contributed by atoms with van der Waals surface area (Å²) in [5, 5.41) is 13.6. The van der Waals surface area contributed by atoms with Crippen LogP contribution in [0.5, 0.6) is 0 Å². The number of benzene rings is 2. The fourth-order valence-corrected chi connectivity index (χ4v) is 2.82. The first kappa shape index (κ1) is 16.1. The van der Waals surface area contributed by atoms with Crippen molar-refractivity contribution in [1.29, 1.82) is 0 Å². The summed E-state index contributed by atoms with van der Waals surface area (Å²) in [6, 6.07) is 23.6. The maximum absolute atomic E-state index is 12.0. The van der Waals surface area contributed by atoms with E-state index in [1.54, 1.807) is 12.1 Å². The van der Waals surface area contributed by atoms with Crippen LogP contribution in [0.15, 0.2) is 77.6 Å². The van der Waals surface area contributed by atoms with E-state index in [2.05, 4.69) is 29.4 Å². The largest absolute Gasteiger partial charge is 0.396 e. The Labute approximate surface area is 141 Å².